The first-order valence-electron chi connectivity index (χ1n) is 8.81. The third-order valence-corrected chi connectivity index (χ3v) is 6.15. The summed E-state index contributed by atoms with van der Waals surface area (Å²) in [5.74, 6) is -1.28. The van der Waals surface area contributed by atoms with E-state index in [9.17, 15) is 22.8 Å². The van der Waals surface area contributed by atoms with Crippen LogP contribution in [0.4, 0.5) is 13.2 Å². The monoisotopic (exact) mass is 355 g/mol. The molecule has 1 spiro atoms. The lowest BCUT2D eigenvalue weighted by Gasteiger charge is -2.54. The lowest BCUT2D eigenvalue weighted by molar-refractivity contribution is -0.235. The van der Waals surface area contributed by atoms with Crippen molar-refractivity contribution in [2.75, 3.05) is 13.1 Å². The molecule has 1 unspecified atom stereocenters. The highest BCUT2D eigenvalue weighted by molar-refractivity contribution is 6.09. The summed E-state index contributed by atoms with van der Waals surface area (Å²) < 4.78 is 45.5. The van der Waals surface area contributed by atoms with Gasteiger partial charge in [-0.3, -0.25) is 9.59 Å². The first kappa shape index (κ1) is 16.7. The number of carbonyl (C=O) groups is 2. The zero-order valence-corrected chi connectivity index (χ0v) is 13.8. The van der Waals surface area contributed by atoms with E-state index in [0.717, 1.165) is 6.42 Å². The van der Waals surface area contributed by atoms with E-state index in [-0.39, 0.29) is 36.8 Å². The van der Waals surface area contributed by atoms with E-state index in [1.54, 1.807) is 0 Å². The summed E-state index contributed by atoms with van der Waals surface area (Å²) in [5, 5.41) is 0. The molecule has 1 saturated heterocycles. The van der Waals surface area contributed by atoms with Crippen LogP contribution in [0.3, 0.4) is 0 Å². The van der Waals surface area contributed by atoms with Gasteiger partial charge in [0.2, 0.25) is 0 Å². The van der Waals surface area contributed by atoms with Gasteiger partial charge in [0.05, 0.1) is 17.0 Å². The molecular formula is C18H20F3NO3. The van der Waals surface area contributed by atoms with Crippen LogP contribution in [0.2, 0.25) is 0 Å². The van der Waals surface area contributed by atoms with Crippen LogP contribution >= 0.6 is 0 Å². The van der Waals surface area contributed by atoms with Gasteiger partial charge in [0.25, 0.3) is 5.91 Å². The Bertz CT molecular complexity index is 718. The Labute approximate surface area is 143 Å². The average Bonchev–Trinajstić information content (AvgIpc) is 2.96. The van der Waals surface area contributed by atoms with E-state index >= 15 is 0 Å². The van der Waals surface area contributed by atoms with Gasteiger partial charge in [0.1, 0.15) is 12.0 Å². The number of aryl methyl sites for hydroxylation is 1. The van der Waals surface area contributed by atoms with Crippen LogP contribution in [0, 0.1) is 11.3 Å². The molecule has 0 N–H and O–H groups in total. The highest BCUT2D eigenvalue weighted by Gasteiger charge is 2.58. The molecule has 3 aliphatic rings. The zero-order chi connectivity index (χ0) is 17.8. The van der Waals surface area contributed by atoms with Gasteiger partial charge in [0, 0.05) is 25.9 Å². The lowest BCUT2D eigenvalue weighted by Crippen LogP contribution is -2.57. The van der Waals surface area contributed by atoms with Gasteiger partial charge in [-0.15, -0.1) is 0 Å². The van der Waals surface area contributed by atoms with Crippen molar-refractivity contribution >= 4 is 11.7 Å². The van der Waals surface area contributed by atoms with Crippen molar-refractivity contribution in [1.29, 1.82) is 0 Å². The third-order valence-electron chi connectivity index (χ3n) is 6.15. The number of alkyl halides is 3. The summed E-state index contributed by atoms with van der Waals surface area (Å²) in [7, 11) is 0. The van der Waals surface area contributed by atoms with Gasteiger partial charge in [-0.2, -0.15) is 13.2 Å². The Kier molecular flexibility index (Phi) is 3.74. The number of amides is 1. The highest BCUT2D eigenvalue weighted by Crippen LogP contribution is 2.56. The quantitative estimate of drug-likeness (QED) is 0.765. The number of carbonyl (C=O) groups excluding carboxylic acids is 2. The second kappa shape index (κ2) is 5.61. The molecule has 1 aliphatic heterocycles. The number of furan rings is 1. The van der Waals surface area contributed by atoms with E-state index in [1.165, 1.54) is 11.2 Å². The van der Waals surface area contributed by atoms with Crippen molar-refractivity contribution in [2.24, 2.45) is 11.3 Å². The average molecular weight is 355 g/mol. The molecule has 2 fully saturated rings. The Morgan fingerprint density at radius 3 is 2.64 bits per heavy atom. The number of Topliss-reactive ketones (excluding diaryl/α,β-unsaturated/α-hetero) is 1. The normalized spacial score (nSPS) is 25.6. The number of piperidine rings is 1. The number of nitrogens with zero attached hydrogens (tertiary/aromatic N) is 1. The SMILES string of the molecule is O=C1CCCc2occ(C(=O)N3CCC(C(F)(F)F)C4(CCC4)C3)c21. The standard InChI is InChI=1S/C18H20F3NO3/c19-18(20,21)14-5-8-22(10-17(14)6-2-7-17)16(24)11-9-25-13-4-1-3-12(23)15(11)13/h9,14H,1-8,10H2. The van der Waals surface area contributed by atoms with Crippen LogP contribution < -0.4 is 0 Å². The number of halogens is 3. The van der Waals surface area contributed by atoms with Crippen molar-refractivity contribution in [3.63, 3.8) is 0 Å². The maximum absolute atomic E-state index is 13.4. The summed E-state index contributed by atoms with van der Waals surface area (Å²) in [6.07, 6.45) is 0.498. The molecule has 7 heteroatoms. The van der Waals surface area contributed by atoms with E-state index in [1.807, 2.05) is 0 Å². The first-order valence-corrected chi connectivity index (χ1v) is 8.81. The maximum atomic E-state index is 13.4. The number of rotatable bonds is 1. The van der Waals surface area contributed by atoms with Crippen molar-refractivity contribution in [3.05, 3.63) is 23.2 Å². The van der Waals surface area contributed by atoms with E-state index in [2.05, 4.69) is 0 Å². The molecule has 0 aromatic carbocycles. The Morgan fingerprint density at radius 1 is 1.24 bits per heavy atom. The van der Waals surface area contributed by atoms with Crippen LogP contribution in [-0.4, -0.2) is 35.9 Å². The molecule has 1 aromatic heterocycles. The molecule has 0 radical (unpaired) electrons. The third kappa shape index (κ3) is 2.59. The molecule has 1 saturated carbocycles. The molecule has 1 aromatic rings. The molecule has 136 valence electrons. The van der Waals surface area contributed by atoms with Crippen molar-refractivity contribution in [2.45, 2.75) is 51.1 Å². The van der Waals surface area contributed by atoms with Crippen molar-refractivity contribution < 1.29 is 27.2 Å². The zero-order valence-electron chi connectivity index (χ0n) is 13.8. The predicted octanol–water partition coefficient (Wildman–Crippen LogP) is 3.99. The smallest absolute Gasteiger partial charge is 0.392 e. The Balaban J connectivity index is 1.59. The van der Waals surface area contributed by atoms with Gasteiger partial charge in [-0.1, -0.05) is 6.42 Å². The molecule has 25 heavy (non-hydrogen) atoms. The van der Waals surface area contributed by atoms with Crippen molar-refractivity contribution in [3.8, 4) is 0 Å². The van der Waals surface area contributed by atoms with Gasteiger partial charge >= 0.3 is 6.18 Å². The van der Waals surface area contributed by atoms with Gasteiger partial charge < -0.3 is 9.32 Å². The summed E-state index contributed by atoms with van der Waals surface area (Å²) >= 11 is 0. The summed E-state index contributed by atoms with van der Waals surface area (Å²) in [5.41, 5.74) is -0.281. The van der Waals surface area contributed by atoms with Crippen LogP contribution in [0.1, 0.15) is 65.0 Å². The van der Waals surface area contributed by atoms with E-state index < -0.39 is 17.5 Å². The molecule has 2 heterocycles. The first-order chi connectivity index (χ1) is 11.8. The Morgan fingerprint density at radius 2 is 2.00 bits per heavy atom. The molecule has 4 rings (SSSR count). The van der Waals surface area contributed by atoms with Gasteiger partial charge in [-0.25, -0.2) is 0 Å². The summed E-state index contributed by atoms with van der Waals surface area (Å²) in [6, 6.07) is 0. The van der Waals surface area contributed by atoms with Crippen LogP contribution in [0.25, 0.3) is 0 Å². The fraction of sp³-hybridized carbons (Fsp3) is 0.667. The second-order valence-corrected chi connectivity index (χ2v) is 7.55. The molecule has 2 aliphatic carbocycles. The van der Waals surface area contributed by atoms with Crippen LogP contribution in [0.15, 0.2) is 10.7 Å². The lowest BCUT2D eigenvalue weighted by atomic mass is 9.58. The van der Waals surface area contributed by atoms with E-state index in [0.29, 0.717) is 43.4 Å². The summed E-state index contributed by atoms with van der Waals surface area (Å²) in [4.78, 5) is 26.5. The Hall–Kier alpha value is -1.79. The minimum Gasteiger partial charge on any atom is -0.468 e. The number of fused-ring (bicyclic) bond motifs is 1. The van der Waals surface area contributed by atoms with Gasteiger partial charge in [0.15, 0.2) is 5.78 Å². The molecule has 1 atom stereocenters. The number of ketones is 1. The molecular weight excluding hydrogens is 335 g/mol. The molecule has 4 nitrogen and oxygen atoms in total. The molecule has 0 bridgehead atoms. The second-order valence-electron chi connectivity index (χ2n) is 7.55. The van der Waals surface area contributed by atoms with Crippen LogP contribution in [-0.2, 0) is 6.42 Å². The highest BCUT2D eigenvalue weighted by atomic mass is 19.4. The number of hydrogen-bond donors (Lipinski definition) is 0. The predicted molar refractivity (Wildman–Crippen MR) is 82.3 cm³/mol. The van der Waals surface area contributed by atoms with Crippen molar-refractivity contribution in [1.82, 2.24) is 4.90 Å². The topological polar surface area (TPSA) is 50.5 Å². The minimum atomic E-state index is -4.22. The fourth-order valence-corrected chi connectivity index (χ4v) is 4.73. The number of hydrogen-bond acceptors (Lipinski definition) is 3. The largest absolute Gasteiger partial charge is 0.468 e. The van der Waals surface area contributed by atoms with E-state index in [4.69, 9.17) is 4.42 Å². The van der Waals surface area contributed by atoms with Gasteiger partial charge in [-0.05, 0) is 31.1 Å². The minimum absolute atomic E-state index is 0.0662. The fourth-order valence-electron chi connectivity index (χ4n) is 4.73. The molecule has 1 amide bonds. The number of likely N-dealkylation sites (tertiary alicyclic amines) is 1. The van der Waals surface area contributed by atoms with Crippen LogP contribution in [0.5, 0.6) is 0 Å². The summed E-state index contributed by atoms with van der Waals surface area (Å²) in [6.45, 7) is 0.184. The maximum Gasteiger partial charge on any atom is 0.392 e.